The van der Waals surface area contributed by atoms with Gasteiger partial charge in [-0.15, -0.1) is 0 Å². The van der Waals surface area contributed by atoms with E-state index in [1.54, 1.807) is 0 Å². The predicted octanol–water partition coefficient (Wildman–Crippen LogP) is 3.34. The van der Waals surface area contributed by atoms with Gasteiger partial charge in [-0.05, 0) is 48.9 Å². The summed E-state index contributed by atoms with van der Waals surface area (Å²) < 4.78 is 0. The number of hydrogen-bond donors (Lipinski definition) is 2. The molecule has 0 fully saturated rings. The Labute approximate surface area is 121 Å². The summed E-state index contributed by atoms with van der Waals surface area (Å²) in [4.78, 5) is 0. The van der Waals surface area contributed by atoms with Gasteiger partial charge in [0.1, 0.15) is 0 Å². The third-order valence-electron chi connectivity index (χ3n) is 3.74. The molecule has 1 heterocycles. The quantitative estimate of drug-likeness (QED) is 0.780. The average molecular weight is 278 g/mol. The van der Waals surface area contributed by atoms with Crippen LogP contribution < -0.4 is 10.6 Å². The number of nitrogens with one attached hydrogen (secondary N) is 2. The minimum absolute atomic E-state index is 0.507. The first kappa shape index (κ1) is 14.9. The van der Waals surface area contributed by atoms with Crippen molar-refractivity contribution in [2.75, 3.05) is 18.1 Å². The van der Waals surface area contributed by atoms with Crippen LogP contribution in [0.5, 0.6) is 0 Å². The fraction of sp³-hybridized carbons (Fsp3) is 0.625. The third kappa shape index (κ3) is 4.51. The zero-order valence-corrected chi connectivity index (χ0v) is 12.9. The van der Waals surface area contributed by atoms with Crippen molar-refractivity contribution in [2.45, 2.75) is 45.3 Å². The molecule has 3 heteroatoms. The zero-order valence-electron chi connectivity index (χ0n) is 12.1. The Balaban J connectivity index is 1.95. The van der Waals surface area contributed by atoms with E-state index in [0.29, 0.717) is 12.1 Å². The highest BCUT2D eigenvalue weighted by atomic mass is 32.2. The van der Waals surface area contributed by atoms with E-state index in [1.807, 2.05) is 11.8 Å². The predicted molar refractivity (Wildman–Crippen MR) is 85.7 cm³/mol. The molecule has 0 spiro atoms. The van der Waals surface area contributed by atoms with Gasteiger partial charge in [0.25, 0.3) is 0 Å². The van der Waals surface area contributed by atoms with Crippen LogP contribution in [0.3, 0.4) is 0 Å². The second kappa shape index (κ2) is 7.93. The van der Waals surface area contributed by atoms with Gasteiger partial charge in [-0.3, -0.25) is 0 Å². The summed E-state index contributed by atoms with van der Waals surface area (Å²) in [6.45, 7) is 6.66. The molecule has 2 nitrogen and oxygen atoms in total. The van der Waals surface area contributed by atoms with Crippen molar-refractivity contribution >= 4 is 11.8 Å². The van der Waals surface area contributed by atoms with E-state index in [2.05, 4.69) is 48.7 Å². The van der Waals surface area contributed by atoms with Gasteiger partial charge in [-0.2, -0.15) is 11.8 Å². The maximum absolute atomic E-state index is 3.82. The van der Waals surface area contributed by atoms with Gasteiger partial charge in [0.2, 0.25) is 0 Å². The minimum atomic E-state index is 0.507. The molecule has 1 aliphatic rings. The largest absolute Gasteiger partial charge is 0.313 e. The van der Waals surface area contributed by atoms with Gasteiger partial charge in [-0.25, -0.2) is 0 Å². The lowest BCUT2D eigenvalue weighted by Gasteiger charge is -2.23. The van der Waals surface area contributed by atoms with Gasteiger partial charge in [-0.1, -0.05) is 31.2 Å². The highest BCUT2D eigenvalue weighted by molar-refractivity contribution is 7.99. The standard InChI is InChI=1S/C16H26N2S/c1-3-19-11-9-13(2)18-16-8-10-17-12-14-6-4-5-7-15(14)16/h4-7,13,16-18H,3,8-12H2,1-2H3. The van der Waals surface area contributed by atoms with E-state index in [1.165, 1.54) is 35.5 Å². The average Bonchev–Trinajstić information content (AvgIpc) is 2.62. The number of thioether (sulfide) groups is 1. The van der Waals surface area contributed by atoms with Crippen LogP contribution in [0.4, 0.5) is 0 Å². The van der Waals surface area contributed by atoms with Crippen LogP contribution in [-0.4, -0.2) is 24.1 Å². The summed E-state index contributed by atoms with van der Waals surface area (Å²) in [5.74, 6) is 2.49. The van der Waals surface area contributed by atoms with Crippen LogP contribution in [-0.2, 0) is 6.54 Å². The smallest absolute Gasteiger partial charge is 0.0337 e. The van der Waals surface area contributed by atoms with E-state index >= 15 is 0 Å². The summed E-state index contributed by atoms with van der Waals surface area (Å²) in [5.41, 5.74) is 2.94. The van der Waals surface area contributed by atoms with Gasteiger partial charge >= 0.3 is 0 Å². The number of benzene rings is 1. The van der Waals surface area contributed by atoms with Crippen molar-refractivity contribution in [1.29, 1.82) is 0 Å². The SMILES string of the molecule is CCSCCC(C)NC1CCNCc2ccccc21. The Hall–Kier alpha value is -0.510. The molecular weight excluding hydrogens is 252 g/mol. The molecular formula is C16H26N2S. The second-order valence-corrected chi connectivity index (χ2v) is 6.66. The molecule has 106 valence electrons. The first-order valence-electron chi connectivity index (χ1n) is 7.43. The summed E-state index contributed by atoms with van der Waals surface area (Å²) in [6.07, 6.45) is 2.44. The molecule has 0 bridgehead atoms. The molecule has 2 rings (SSSR count). The van der Waals surface area contributed by atoms with E-state index in [0.717, 1.165) is 13.1 Å². The molecule has 1 aliphatic heterocycles. The molecule has 19 heavy (non-hydrogen) atoms. The Morgan fingerprint density at radius 3 is 3.11 bits per heavy atom. The maximum Gasteiger partial charge on any atom is 0.0337 e. The summed E-state index contributed by atoms with van der Waals surface area (Å²) in [7, 11) is 0. The lowest BCUT2D eigenvalue weighted by molar-refractivity contribution is 0.428. The summed E-state index contributed by atoms with van der Waals surface area (Å²) in [6, 6.07) is 9.94. The van der Waals surface area contributed by atoms with Crippen LogP contribution in [0.15, 0.2) is 24.3 Å². The van der Waals surface area contributed by atoms with E-state index in [9.17, 15) is 0 Å². The molecule has 0 saturated carbocycles. The van der Waals surface area contributed by atoms with Crippen LogP contribution in [0.2, 0.25) is 0 Å². The van der Waals surface area contributed by atoms with Crippen molar-refractivity contribution in [3.05, 3.63) is 35.4 Å². The number of hydrogen-bond acceptors (Lipinski definition) is 3. The van der Waals surface area contributed by atoms with Crippen molar-refractivity contribution < 1.29 is 0 Å². The molecule has 1 aromatic carbocycles. The third-order valence-corrected chi connectivity index (χ3v) is 4.67. The van der Waals surface area contributed by atoms with Gasteiger partial charge in [0.15, 0.2) is 0 Å². The minimum Gasteiger partial charge on any atom is -0.313 e. The Morgan fingerprint density at radius 2 is 2.26 bits per heavy atom. The monoisotopic (exact) mass is 278 g/mol. The van der Waals surface area contributed by atoms with Crippen LogP contribution in [0.25, 0.3) is 0 Å². The number of fused-ring (bicyclic) bond motifs is 1. The van der Waals surface area contributed by atoms with Gasteiger partial charge in [0, 0.05) is 18.6 Å². The van der Waals surface area contributed by atoms with E-state index in [4.69, 9.17) is 0 Å². The molecule has 2 N–H and O–H groups in total. The molecule has 1 aromatic rings. The Morgan fingerprint density at radius 1 is 1.42 bits per heavy atom. The van der Waals surface area contributed by atoms with Crippen molar-refractivity contribution in [3.8, 4) is 0 Å². The zero-order chi connectivity index (χ0) is 13.5. The fourth-order valence-corrected chi connectivity index (χ4v) is 3.47. The highest BCUT2D eigenvalue weighted by Crippen LogP contribution is 2.24. The van der Waals surface area contributed by atoms with Gasteiger partial charge < -0.3 is 10.6 Å². The normalized spacial score (nSPS) is 20.6. The number of rotatable bonds is 6. The highest BCUT2D eigenvalue weighted by Gasteiger charge is 2.19. The van der Waals surface area contributed by atoms with E-state index < -0.39 is 0 Å². The molecule has 0 radical (unpaired) electrons. The van der Waals surface area contributed by atoms with Crippen molar-refractivity contribution in [1.82, 2.24) is 10.6 Å². The van der Waals surface area contributed by atoms with E-state index in [-0.39, 0.29) is 0 Å². The Kier molecular flexibility index (Phi) is 6.21. The fourth-order valence-electron chi connectivity index (χ4n) is 2.66. The van der Waals surface area contributed by atoms with Gasteiger partial charge in [0.05, 0.1) is 0 Å². The van der Waals surface area contributed by atoms with Crippen LogP contribution >= 0.6 is 11.8 Å². The summed E-state index contributed by atoms with van der Waals surface area (Å²) in [5, 5.41) is 7.34. The first-order valence-corrected chi connectivity index (χ1v) is 8.59. The molecule has 2 atom stereocenters. The Bertz CT molecular complexity index is 381. The molecule has 2 unspecified atom stereocenters. The van der Waals surface area contributed by atoms with Crippen LogP contribution in [0.1, 0.15) is 43.9 Å². The van der Waals surface area contributed by atoms with Crippen molar-refractivity contribution in [2.24, 2.45) is 0 Å². The maximum atomic E-state index is 3.82. The molecule has 0 amide bonds. The summed E-state index contributed by atoms with van der Waals surface area (Å²) >= 11 is 2.04. The molecule has 0 aromatic heterocycles. The molecule has 0 saturated heterocycles. The molecule has 0 aliphatic carbocycles. The second-order valence-electron chi connectivity index (χ2n) is 5.27. The van der Waals surface area contributed by atoms with Crippen molar-refractivity contribution in [3.63, 3.8) is 0 Å². The van der Waals surface area contributed by atoms with Crippen LogP contribution in [0, 0.1) is 0 Å². The lowest BCUT2D eigenvalue weighted by Crippen LogP contribution is -2.32. The lowest BCUT2D eigenvalue weighted by atomic mass is 9.98. The topological polar surface area (TPSA) is 24.1 Å². The first-order chi connectivity index (χ1) is 9.31.